The van der Waals surface area contributed by atoms with Gasteiger partial charge in [-0.1, -0.05) is 0 Å². The summed E-state index contributed by atoms with van der Waals surface area (Å²) in [6.07, 6.45) is 2.27. The maximum Gasteiger partial charge on any atom is 0.335 e. The van der Waals surface area contributed by atoms with Crippen LogP contribution < -0.4 is 11.1 Å². The summed E-state index contributed by atoms with van der Waals surface area (Å²) in [6, 6.07) is 5.11. The summed E-state index contributed by atoms with van der Waals surface area (Å²) in [5, 5.41) is 12.1. The van der Waals surface area contributed by atoms with Crippen molar-refractivity contribution in [3.63, 3.8) is 0 Å². The van der Waals surface area contributed by atoms with Crippen LogP contribution >= 0.6 is 0 Å². The van der Waals surface area contributed by atoms with Crippen molar-refractivity contribution >= 4 is 17.3 Å². The zero-order valence-electron chi connectivity index (χ0n) is 10.3. The number of carboxylic acid groups (broad SMARTS) is 1. The molecular weight excluding hydrogens is 232 g/mol. The Balaban J connectivity index is 1.93. The highest BCUT2D eigenvalue weighted by atomic mass is 16.5. The normalized spacial score (nSPS) is 22.3. The monoisotopic (exact) mass is 250 g/mol. The van der Waals surface area contributed by atoms with Gasteiger partial charge in [-0.15, -0.1) is 0 Å². The summed E-state index contributed by atoms with van der Waals surface area (Å²) in [5.41, 5.74) is 7.29. The average Bonchev–Trinajstić information content (AvgIpc) is 2.28. The lowest BCUT2D eigenvalue weighted by Gasteiger charge is -2.36. The smallest absolute Gasteiger partial charge is 0.335 e. The maximum absolute atomic E-state index is 10.8. The van der Waals surface area contributed by atoms with Crippen LogP contribution in [0.3, 0.4) is 0 Å². The van der Waals surface area contributed by atoms with Crippen molar-refractivity contribution in [2.24, 2.45) is 0 Å². The van der Waals surface area contributed by atoms with Gasteiger partial charge < -0.3 is 20.9 Å². The van der Waals surface area contributed by atoms with Crippen LogP contribution in [0.4, 0.5) is 11.4 Å². The largest absolute Gasteiger partial charge is 0.478 e. The van der Waals surface area contributed by atoms with Gasteiger partial charge in [-0.3, -0.25) is 0 Å². The third-order valence-electron chi connectivity index (χ3n) is 3.16. The molecule has 0 spiro atoms. The molecule has 98 valence electrons. The molecule has 18 heavy (non-hydrogen) atoms. The van der Waals surface area contributed by atoms with Crippen molar-refractivity contribution in [2.75, 3.05) is 17.7 Å². The Kier molecular flexibility index (Phi) is 3.72. The van der Waals surface area contributed by atoms with E-state index in [1.54, 1.807) is 12.1 Å². The second-order valence-electron chi connectivity index (χ2n) is 4.50. The number of nitrogens with one attached hydrogen (secondary N) is 1. The van der Waals surface area contributed by atoms with Gasteiger partial charge in [0.1, 0.15) is 0 Å². The molecule has 0 radical (unpaired) electrons. The third-order valence-corrected chi connectivity index (χ3v) is 3.16. The van der Waals surface area contributed by atoms with Crippen LogP contribution in [0.15, 0.2) is 18.2 Å². The van der Waals surface area contributed by atoms with Crippen LogP contribution in [0.1, 0.15) is 30.1 Å². The average molecular weight is 250 g/mol. The molecule has 0 aliphatic heterocycles. The molecule has 5 heteroatoms. The molecule has 0 bridgehead atoms. The molecule has 5 nitrogen and oxygen atoms in total. The van der Waals surface area contributed by atoms with Crippen molar-refractivity contribution in [2.45, 2.75) is 31.9 Å². The van der Waals surface area contributed by atoms with Gasteiger partial charge in [0.05, 0.1) is 23.0 Å². The molecule has 1 aliphatic carbocycles. The van der Waals surface area contributed by atoms with E-state index in [1.165, 1.54) is 6.07 Å². The molecular formula is C13H18N2O3. The van der Waals surface area contributed by atoms with Gasteiger partial charge in [0.2, 0.25) is 0 Å². The first kappa shape index (κ1) is 12.7. The summed E-state index contributed by atoms with van der Waals surface area (Å²) < 4.78 is 5.48. The fourth-order valence-electron chi connectivity index (χ4n) is 2.10. The molecule has 0 atom stereocenters. The van der Waals surface area contributed by atoms with Crippen molar-refractivity contribution in [3.05, 3.63) is 23.8 Å². The molecule has 1 aromatic carbocycles. The third kappa shape index (κ3) is 2.73. The van der Waals surface area contributed by atoms with Crippen LogP contribution in [0.2, 0.25) is 0 Å². The number of carbonyl (C=O) groups is 1. The number of nitrogens with two attached hydrogens (primary N) is 1. The molecule has 0 saturated heterocycles. The lowest BCUT2D eigenvalue weighted by atomic mass is 9.89. The topological polar surface area (TPSA) is 84.6 Å². The van der Waals surface area contributed by atoms with Crippen LogP contribution in [0.25, 0.3) is 0 Å². The minimum atomic E-state index is -0.965. The van der Waals surface area contributed by atoms with E-state index in [0.717, 1.165) is 25.1 Å². The van der Waals surface area contributed by atoms with Crippen molar-refractivity contribution in [1.29, 1.82) is 0 Å². The molecule has 1 fully saturated rings. The number of rotatable bonds is 5. The van der Waals surface area contributed by atoms with E-state index in [0.29, 0.717) is 17.8 Å². The molecule has 0 aromatic heterocycles. The molecule has 0 unspecified atom stereocenters. The minimum Gasteiger partial charge on any atom is -0.478 e. The summed E-state index contributed by atoms with van der Waals surface area (Å²) in [7, 11) is 0. The molecule has 2 rings (SSSR count). The predicted octanol–water partition coefficient (Wildman–Crippen LogP) is 1.95. The van der Waals surface area contributed by atoms with Crippen molar-refractivity contribution in [1.82, 2.24) is 0 Å². The van der Waals surface area contributed by atoms with E-state index in [-0.39, 0.29) is 5.56 Å². The minimum absolute atomic E-state index is 0.207. The quantitative estimate of drug-likeness (QED) is 0.695. The van der Waals surface area contributed by atoms with E-state index in [2.05, 4.69) is 5.32 Å². The Morgan fingerprint density at radius 3 is 2.83 bits per heavy atom. The highest BCUT2D eigenvalue weighted by Gasteiger charge is 2.29. The van der Waals surface area contributed by atoms with Crippen LogP contribution in [-0.4, -0.2) is 29.8 Å². The summed E-state index contributed by atoms with van der Waals surface area (Å²) in [6.45, 7) is 2.73. The number of aromatic carboxylic acids is 1. The zero-order valence-corrected chi connectivity index (χ0v) is 10.3. The Labute approximate surface area is 106 Å². The van der Waals surface area contributed by atoms with Gasteiger partial charge >= 0.3 is 5.97 Å². The van der Waals surface area contributed by atoms with Gasteiger partial charge in [0.15, 0.2) is 0 Å². The van der Waals surface area contributed by atoms with Gasteiger partial charge in [-0.2, -0.15) is 0 Å². The number of nitrogen functional groups attached to an aromatic ring is 1. The Hall–Kier alpha value is -1.75. The lowest BCUT2D eigenvalue weighted by Crippen LogP contribution is -2.40. The van der Waals surface area contributed by atoms with Gasteiger partial charge in [0.25, 0.3) is 0 Å². The Bertz CT molecular complexity index is 442. The number of benzene rings is 1. The van der Waals surface area contributed by atoms with Gasteiger partial charge in [-0.05, 0) is 38.0 Å². The molecule has 4 N–H and O–H groups in total. The number of ether oxygens (including phenoxy) is 1. The Morgan fingerprint density at radius 2 is 2.28 bits per heavy atom. The van der Waals surface area contributed by atoms with Crippen molar-refractivity contribution < 1.29 is 14.6 Å². The maximum atomic E-state index is 10.8. The first-order valence-electron chi connectivity index (χ1n) is 6.11. The van der Waals surface area contributed by atoms with Crippen LogP contribution in [0, 0.1) is 0 Å². The Morgan fingerprint density at radius 1 is 1.56 bits per heavy atom. The van der Waals surface area contributed by atoms with E-state index in [9.17, 15) is 4.79 Å². The van der Waals surface area contributed by atoms with E-state index in [1.807, 2.05) is 6.92 Å². The molecule has 1 aliphatic rings. The van der Waals surface area contributed by atoms with Gasteiger partial charge in [-0.25, -0.2) is 4.79 Å². The van der Waals surface area contributed by atoms with Crippen LogP contribution in [-0.2, 0) is 4.74 Å². The summed E-state index contributed by atoms with van der Waals surface area (Å²) in [5.74, 6) is -0.965. The summed E-state index contributed by atoms with van der Waals surface area (Å²) in [4.78, 5) is 10.8. The standard InChI is InChI=1S/C13H18N2O3/c1-2-18-10-6-9(7-10)15-12-4-3-8(13(16)17)5-11(12)14/h3-5,9-10,15H,2,6-7,14H2,1H3,(H,16,17). The molecule has 1 aromatic rings. The highest BCUT2D eigenvalue weighted by Crippen LogP contribution is 2.29. The number of hydrogen-bond acceptors (Lipinski definition) is 4. The molecule has 1 saturated carbocycles. The second-order valence-corrected chi connectivity index (χ2v) is 4.50. The van der Waals surface area contributed by atoms with Crippen molar-refractivity contribution in [3.8, 4) is 0 Å². The van der Waals surface area contributed by atoms with E-state index in [4.69, 9.17) is 15.6 Å². The molecule has 0 heterocycles. The fourth-order valence-corrected chi connectivity index (χ4v) is 2.10. The molecule has 0 amide bonds. The number of hydrogen-bond donors (Lipinski definition) is 3. The SMILES string of the molecule is CCOC1CC(Nc2ccc(C(=O)O)cc2N)C1. The first-order valence-corrected chi connectivity index (χ1v) is 6.11. The predicted molar refractivity (Wildman–Crippen MR) is 69.9 cm³/mol. The van der Waals surface area contributed by atoms with E-state index >= 15 is 0 Å². The van der Waals surface area contributed by atoms with Gasteiger partial charge in [0, 0.05) is 12.6 Å². The van der Waals surface area contributed by atoms with Crippen LogP contribution in [0.5, 0.6) is 0 Å². The first-order chi connectivity index (χ1) is 8.60. The zero-order chi connectivity index (χ0) is 13.1. The highest BCUT2D eigenvalue weighted by molar-refractivity contribution is 5.90. The lowest BCUT2D eigenvalue weighted by molar-refractivity contribution is 0.00300. The second kappa shape index (κ2) is 5.27. The number of anilines is 2. The fraction of sp³-hybridized carbons (Fsp3) is 0.462. The number of carboxylic acids is 1. The van der Waals surface area contributed by atoms with E-state index < -0.39 is 5.97 Å². The summed E-state index contributed by atoms with van der Waals surface area (Å²) >= 11 is 0.